The number of fused-ring (bicyclic) bond motifs is 1. The van der Waals surface area contributed by atoms with Gasteiger partial charge < -0.3 is 14.8 Å². The van der Waals surface area contributed by atoms with E-state index in [1.165, 1.54) is 30.5 Å². The van der Waals surface area contributed by atoms with Crippen LogP contribution in [0.1, 0.15) is 43.4 Å². The summed E-state index contributed by atoms with van der Waals surface area (Å²) in [6.07, 6.45) is -3.22. The van der Waals surface area contributed by atoms with Crippen molar-refractivity contribution in [1.29, 1.82) is 0 Å². The highest BCUT2D eigenvalue weighted by Crippen LogP contribution is 2.48. The fourth-order valence-corrected chi connectivity index (χ4v) is 3.52. The number of pyridine rings is 1. The lowest BCUT2D eigenvalue weighted by Gasteiger charge is -2.32. The molecule has 1 aliphatic rings. The number of rotatable bonds is 6. The molecule has 0 bridgehead atoms. The summed E-state index contributed by atoms with van der Waals surface area (Å²) in [6.45, 7) is 5.04. The van der Waals surface area contributed by atoms with E-state index in [-0.39, 0.29) is 41.0 Å². The zero-order valence-electron chi connectivity index (χ0n) is 17.1. The zero-order chi connectivity index (χ0) is 22.8. The Bertz CT molecular complexity index is 1030. The Balaban J connectivity index is 2.38. The lowest BCUT2D eigenvalue weighted by molar-refractivity contribution is -0.140. The van der Waals surface area contributed by atoms with Gasteiger partial charge in [-0.15, -0.1) is 0 Å². The molecule has 0 aliphatic carbocycles. The van der Waals surface area contributed by atoms with Gasteiger partial charge in [-0.2, -0.15) is 13.2 Å². The summed E-state index contributed by atoms with van der Waals surface area (Å²) in [5.41, 5.74) is -0.998. The summed E-state index contributed by atoms with van der Waals surface area (Å²) in [5, 5.41) is 2.82. The largest absolute Gasteiger partial charge is 0.475 e. The monoisotopic (exact) mass is 434 g/mol. The van der Waals surface area contributed by atoms with Gasteiger partial charge in [0, 0.05) is 11.9 Å². The van der Waals surface area contributed by atoms with Crippen molar-refractivity contribution in [3.05, 3.63) is 64.5 Å². The van der Waals surface area contributed by atoms with Crippen LogP contribution in [0, 0.1) is 0 Å². The molecule has 6 nitrogen and oxygen atoms in total. The summed E-state index contributed by atoms with van der Waals surface area (Å²) in [5.74, 6) is -2.12. The Morgan fingerprint density at radius 2 is 1.97 bits per heavy atom. The molecule has 2 aromatic rings. The van der Waals surface area contributed by atoms with Gasteiger partial charge in [0.1, 0.15) is 0 Å². The van der Waals surface area contributed by atoms with Crippen molar-refractivity contribution in [2.45, 2.75) is 39.0 Å². The van der Waals surface area contributed by atoms with Crippen molar-refractivity contribution < 1.29 is 32.2 Å². The minimum Gasteiger partial charge on any atom is -0.475 e. The van der Waals surface area contributed by atoms with Crippen LogP contribution >= 0.6 is 0 Å². The third-order valence-corrected chi connectivity index (χ3v) is 4.63. The molecule has 1 atom stereocenters. The number of halogens is 3. The average molecular weight is 434 g/mol. The number of benzene rings is 1. The van der Waals surface area contributed by atoms with E-state index in [0.29, 0.717) is 12.0 Å². The van der Waals surface area contributed by atoms with E-state index in [1.54, 1.807) is 20.8 Å². The first-order valence-electron chi connectivity index (χ1n) is 9.64. The van der Waals surface area contributed by atoms with Gasteiger partial charge in [-0.3, -0.25) is 4.79 Å². The van der Waals surface area contributed by atoms with Crippen LogP contribution in [-0.2, 0) is 20.5 Å². The number of hydrogen-bond donors (Lipinski definition) is 1. The molecule has 1 aromatic carbocycles. The number of aromatic nitrogens is 1. The standard InChI is InChI=1S/C22H21F3N2O4/c1-4-30-21(29)19-16(11-28)27-15-9-10-26-20(31-12(2)3)18(15)17(19)13-7-5-6-8-14(13)22(23,24)25/h5-12,17,27H,4H2,1-3H3. The molecule has 0 amide bonds. The van der Waals surface area contributed by atoms with Crippen LogP contribution in [-0.4, -0.2) is 30.0 Å². The molecule has 1 unspecified atom stereocenters. The van der Waals surface area contributed by atoms with Gasteiger partial charge in [0.15, 0.2) is 6.29 Å². The molecule has 31 heavy (non-hydrogen) atoms. The van der Waals surface area contributed by atoms with E-state index in [1.807, 2.05) is 0 Å². The highest BCUT2D eigenvalue weighted by atomic mass is 19.4. The number of carbonyl (C=O) groups excluding carboxylic acids is 2. The van der Waals surface area contributed by atoms with Crippen molar-refractivity contribution in [3.8, 4) is 5.88 Å². The number of anilines is 1. The Morgan fingerprint density at radius 3 is 2.58 bits per heavy atom. The highest BCUT2D eigenvalue weighted by Gasteiger charge is 2.42. The Morgan fingerprint density at radius 1 is 1.26 bits per heavy atom. The number of hydrogen-bond acceptors (Lipinski definition) is 6. The second kappa shape index (κ2) is 8.79. The van der Waals surface area contributed by atoms with Crippen LogP contribution in [0.2, 0.25) is 0 Å². The predicted octanol–water partition coefficient (Wildman–Crippen LogP) is 4.46. The third kappa shape index (κ3) is 4.40. The van der Waals surface area contributed by atoms with E-state index in [9.17, 15) is 22.8 Å². The maximum absolute atomic E-state index is 13.9. The Labute approximate surface area is 177 Å². The van der Waals surface area contributed by atoms with Crippen LogP contribution in [0.3, 0.4) is 0 Å². The number of allylic oxidation sites excluding steroid dienone is 1. The van der Waals surface area contributed by atoms with E-state index in [2.05, 4.69) is 10.3 Å². The zero-order valence-corrected chi connectivity index (χ0v) is 17.1. The second-order valence-corrected chi connectivity index (χ2v) is 7.05. The molecular weight excluding hydrogens is 413 g/mol. The number of esters is 1. The van der Waals surface area contributed by atoms with E-state index < -0.39 is 23.6 Å². The summed E-state index contributed by atoms with van der Waals surface area (Å²) >= 11 is 0. The Kier molecular flexibility index (Phi) is 6.33. The normalized spacial score (nSPS) is 15.9. The molecule has 1 N–H and O–H groups in total. The van der Waals surface area contributed by atoms with Gasteiger partial charge in [-0.1, -0.05) is 18.2 Å². The predicted molar refractivity (Wildman–Crippen MR) is 107 cm³/mol. The summed E-state index contributed by atoms with van der Waals surface area (Å²) in [6, 6.07) is 6.42. The number of ether oxygens (including phenoxy) is 2. The van der Waals surface area contributed by atoms with E-state index in [4.69, 9.17) is 9.47 Å². The van der Waals surface area contributed by atoms with Crippen molar-refractivity contribution in [2.24, 2.45) is 0 Å². The fourth-order valence-electron chi connectivity index (χ4n) is 3.52. The molecule has 0 saturated heterocycles. The van der Waals surface area contributed by atoms with Crippen molar-refractivity contribution in [1.82, 2.24) is 4.98 Å². The van der Waals surface area contributed by atoms with Crippen LogP contribution in [0.15, 0.2) is 47.8 Å². The minimum absolute atomic E-state index is 0.0165. The van der Waals surface area contributed by atoms with Gasteiger partial charge in [-0.25, -0.2) is 9.78 Å². The summed E-state index contributed by atoms with van der Waals surface area (Å²) in [4.78, 5) is 28.8. The number of nitrogens with zero attached hydrogens (tertiary/aromatic N) is 1. The molecule has 0 spiro atoms. The highest BCUT2D eigenvalue weighted by molar-refractivity contribution is 6.01. The van der Waals surface area contributed by atoms with Crippen LogP contribution in [0.4, 0.5) is 18.9 Å². The van der Waals surface area contributed by atoms with Gasteiger partial charge >= 0.3 is 12.1 Å². The van der Waals surface area contributed by atoms with Crippen LogP contribution in [0.5, 0.6) is 5.88 Å². The quantitative estimate of drug-likeness (QED) is 0.534. The summed E-state index contributed by atoms with van der Waals surface area (Å²) in [7, 11) is 0. The van der Waals surface area contributed by atoms with Crippen molar-refractivity contribution in [3.63, 3.8) is 0 Å². The van der Waals surface area contributed by atoms with Gasteiger partial charge in [0.2, 0.25) is 5.88 Å². The smallest absolute Gasteiger partial charge is 0.416 e. The molecule has 0 saturated carbocycles. The first kappa shape index (κ1) is 22.3. The molecule has 164 valence electrons. The number of carbonyl (C=O) groups is 2. The lowest BCUT2D eigenvalue weighted by atomic mass is 9.79. The van der Waals surface area contributed by atoms with Crippen molar-refractivity contribution >= 4 is 17.9 Å². The second-order valence-electron chi connectivity index (χ2n) is 7.05. The van der Waals surface area contributed by atoms with Gasteiger partial charge in [0.05, 0.1) is 41.0 Å². The van der Waals surface area contributed by atoms with Crippen LogP contribution in [0.25, 0.3) is 0 Å². The molecule has 0 radical (unpaired) electrons. The maximum Gasteiger partial charge on any atom is 0.416 e. The first-order valence-corrected chi connectivity index (χ1v) is 9.64. The SMILES string of the molecule is CCOC(=O)C1=C(C=O)Nc2ccnc(OC(C)C)c2C1c1ccccc1C(F)(F)F. The summed E-state index contributed by atoms with van der Waals surface area (Å²) < 4.78 is 52.5. The number of nitrogens with one attached hydrogen (secondary N) is 1. The molecule has 3 rings (SSSR count). The van der Waals surface area contributed by atoms with E-state index in [0.717, 1.165) is 6.07 Å². The number of alkyl halides is 3. The lowest BCUT2D eigenvalue weighted by Crippen LogP contribution is -2.28. The van der Waals surface area contributed by atoms with Gasteiger partial charge in [0.25, 0.3) is 0 Å². The first-order chi connectivity index (χ1) is 14.7. The molecule has 1 aliphatic heterocycles. The molecule has 0 fully saturated rings. The number of aldehydes is 1. The molecule has 2 heterocycles. The fraction of sp³-hybridized carbons (Fsp3) is 0.318. The topological polar surface area (TPSA) is 77.5 Å². The molecular formula is C22H21F3N2O4. The Hall–Kier alpha value is -3.36. The van der Waals surface area contributed by atoms with Crippen molar-refractivity contribution in [2.75, 3.05) is 11.9 Å². The van der Waals surface area contributed by atoms with Crippen LogP contribution < -0.4 is 10.1 Å². The minimum atomic E-state index is -4.69. The maximum atomic E-state index is 13.9. The third-order valence-electron chi connectivity index (χ3n) is 4.63. The molecule has 1 aromatic heterocycles. The van der Waals surface area contributed by atoms with Gasteiger partial charge in [-0.05, 0) is 38.5 Å². The van der Waals surface area contributed by atoms with E-state index >= 15 is 0 Å². The molecule has 9 heteroatoms. The average Bonchev–Trinajstić information content (AvgIpc) is 2.71.